The van der Waals surface area contributed by atoms with E-state index in [-0.39, 0.29) is 5.60 Å². The molecule has 20 heavy (non-hydrogen) atoms. The number of rotatable bonds is 5. The minimum Gasteiger partial charge on any atom is -0.367 e. The molecular weight excluding hydrogens is 254 g/mol. The first-order valence-corrected chi connectivity index (χ1v) is 8.00. The van der Waals surface area contributed by atoms with Crippen molar-refractivity contribution in [2.75, 3.05) is 19.7 Å². The Morgan fingerprint density at radius 3 is 2.75 bits per heavy atom. The average Bonchev–Trinajstić information content (AvgIpc) is 3.10. The second-order valence-electron chi connectivity index (χ2n) is 6.04. The van der Waals surface area contributed by atoms with E-state index in [0.29, 0.717) is 12.5 Å². The van der Waals surface area contributed by atoms with Crippen LogP contribution in [0, 0.1) is 5.92 Å². The molecule has 2 fully saturated rings. The number of piperidine rings is 1. The van der Waals surface area contributed by atoms with Gasteiger partial charge in [-0.25, -0.2) is 0 Å². The van der Waals surface area contributed by atoms with Crippen molar-refractivity contribution in [2.45, 2.75) is 57.5 Å². The van der Waals surface area contributed by atoms with Gasteiger partial charge in [-0.2, -0.15) is 4.98 Å². The van der Waals surface area contributed by atoms with Gasteiger partial charge in [0.05, 0.1) is 0 Å². The molecule has 1 aliphatic heterocycles. The van der Waals surface area contributed by atoms with Gasteiger partial charge < -0.3 is 14.6 Å². The molecule has 5 nitrogen and oxygen atoms in total. The summed E-state index contributed by atoms with van der Waals surface area (Å²) in [6, 6.07) is 0. The summed E-state index contributed by atoms with van der Waals surface area (Å²) in [5.41, 5.74) is -0.273. The molecule has 0 atom stereocenters. The molecule has 0 unspecified atom stereocenters. The number of hydrogen-bond acceptors (Lipinski definition) is 5. The van der Waals surface area contributed by atoms with E-state index in [4.69, 9.17) is 9.26 Å². The normalized spacial score (nSPS) is 23.2. The Bertz CT molecular complexity index is 421. The summed E-state index contributed by atoms with van der Waals surface area (Å²) in [6.07, 6.45) is 7.75. The molecule has 5 heteroatoms. The molecule has 1 saturated carbocycles. The Morgan fingerprint density at radius 2 is 2.05 bits per heavy atom. The van der Waals surface area contributed by atoms with Crippen molar-refractivity contribution in [1.29, 1.82) is 0 Å². The summed E-state index contributed by atoms with van der Waals surface area (Å²) in [6.45, 7) is 4.96. The fraction of sp³-hybridized carbons (Fsp3) is 0.867. The maximum atomic E-state index is 5.98. The van der Waals surface area contributed by atoms with E-state index in [1.165, 1.54) is 25.7 Å². The van der Waals surface area contributed by atoms with Gasteiger partial charge in [0.1, 0.15) is 5.60 Å². The largest absolute Gasteiger partial charge is 0.367 e. The molecule has 1 aromatic rings. The van der Waals surface area contributed by atoms with Gasteiger partial charge >= 0.3 is 0 Å². The Kier molecular flexibility index (Phi) is 4.36. The molecule has 2 aliphatic rings. The van der Waals surface area contributed by atoms with Gasteiger partial charge in [-0.3, -0.25) is 0 Å². The van der Waals surface area contributed by atoms with E-state index in [9.17, 15) is 0 Å². The van der Waals surface area contributed by atoms with Crippen molar-refractivity contribution in [1.82, 2.24) is 15.5 Å². The highest BCUT2D eigenvalue weighted by Crippen LogP contribution is 2.40. The van der Waals surface area contributed by atoms with E-state index < -0.39 is 0 Å². The van der Waals surface area contributed by atoms with Crippen molar-refractivity contribution < 1.29 is 9.26 Å². The zero-order valence-electron chi connectivity index (χ0n) is 12.4. The highest BCUT2D eigenvalue weighted by molar-refractivity contribution is 5.05. The first-order valence-electron chi connectivity index (χ1n) is 8.00. The van der Waals surface area contributed by atoms with Crippen LogP contribution in [0.4, 0.5) is 0 Å². The van der Waals surface area contributed by atoms with Gasteiger partial charge in [-0.15, -0.1) is 0 Å². The van der Waals surface area contributed by atoms with Crippen molar-refractivity contribution in [3.63, 3.8) is 0 Å². The van der Waals surface area contributed by atoms with Crippen molar-refractivity contribution in [2.24, 2.45) is 5.92 Å². The van der Waals surface area contributed by atoms with E-state index in [2.05, 4.69) is 15.5 Å². The Labute approximate surface area is 120 Å². The number of nitrogens with one attached hydrogen (secondary N) is 1. The zero-order valence-corrected chi connectivity index (χ0v) is 12.4. The zero-order chi connectivity index (χ0) is 13.8. The van der Waals surface area contributed by atoms with Gasteiger partial charge in [0.15, 0.2) is 0 Å². The maximum Gasteiger partial charge on any atom is 0.227 e. The second kappa shape index (κ2) is 6.22. The van der Waals surface area contributed by atoms with Crippen molar-refractivity contribution >= 4 is 0 Å². The van der Waals surface area contributed by atoms with E-state index in [1.54, 1.807) is 0 Å². The molecule has 2 heterocycles. The predicted octanol–water partition coefficient (Wildman–Crippen LogP) is 2.42. The lowest BCUT2D eigenvalue weighted by molar-refractivity contribution is -0.0469. The van der Waals surface area contributed by atoms with Gasteiger partial charge in [0, 0.05) is 13.0 Å². The lowest BCUT2D eigenvalue weighted by Crippen LogP contribution is -2.29. The van der Waals surface area contributed by atoms with Crippen LogP contribution in [-0.4, -0.2) is 29.8 Å². The number of nitrogens with zero attached hydrogens (tertiary/aromatic N) is 2. The first kappa shape index (κ1) is 14.0. The summed E-state index contributed by atoms with van der Waals surface area (Å²) in [7, 11) is 0. The van der Waals surface area contributed by atoms with Crippen molar-refractivity contribution in [3.05, 3.63) is 11.7 Å². The molecule has 0 spiro atoms. The minimum atomic E-state index is -0.273. The highest BCUT2D eigenvalue weighted by atomic mass is 16.5. The lowest BCUT2D eigenvalue weighted by Gasteiger charge is -2.24. The van der Waals surface area contributed by atoms with E-state index >= 15 is 0 Å². The highest BCUT2D eigenvalue weighted by Gasteiger charge is 2.40. The summed E-state index contributed by atoms with van der Waals surface area (Å²) in [5, 5.41) is 7.61. The molecule has 1 saturated heterocycles. The third-order valence-corrected chi connectivity index (χ3v) is 4.63. The molecule has 0 radical (unpaired) electrons. The predicted molar refractivity (Wildman–Crippen MR) is 75.4 cm³/mol. The maximum absolute atomic E-state index is 5.98. The van der Waals surface area contributed by atoms with Crippen LogP contribution in [0.25, 0.3) is 0 Å². The molecule has 0 amide bonds. The summed E-state index contributed by atoms with van der Waals surface area (Å²) in [5.74, 6) is 2.25. The van der Waals surface area contributed by atoms with E-state index in [1.807, 2.05) is 6.92 Å². The third-order valence-electron chi connectivity index (χ3n) is 4.63. The topological polar surface area (TPSA) is 60.2 Å². The van der Waals surface area contributed by atoms with Gasteiger partial charge in [-0.05, 0) is 64.5 Å². The van der Waals surface area contributed by atoms with Crippen LogP contribution in [0.3, 0.4) is 0 Å². The molecule has 0 bridgehead atoms. The van der Waals surface area contributed by atoms with Gasteiger partial charge in [0.25, 0.3) is 0 Å². The Morgan fingerprint density at radius 1 is 1.30 bits per heavy atom. The Hall–Kier alpha value is -0.940. The molecule has 3 rings (SSSR count). The number of ether oxygens (including phenoxy) is 1. The van der Waals surface area contributed by atoms with Crippen LogP contribution in [0.15, 0.2) is 4.52 Å². The summed E-state index contributed by atoms with van der Waals surface area (Å²) in [4.78, 5) is 4.65. The van der Waals surface area contributed by atoms with Gasteiger partial charge in [0.2, 0.25) is 11.7 Å². The van der Waals surface area contributed by atoms with Crippen LogP contribution < -0.4 is 5.32 Å². The SMILES string of the molecule is CCOC1(c2noc(CC3CCNCC3)n2)CCCC1. The molecule has 1 aromatic heterocycles. The first-order chi connectivity index (χ1) is 9.82. The molecule has 1 aliphatic carbocycles. The molecule has 112 valence electrons. The average molecular weight is 279 g/mol. The Balaban J connectivity index is 1.68. The monoisotopic (exact) mass is 279 g/mol. The number of hydrogen-bond donors (Lipinski definition) is 1. The quantitative estimate of drug-likeness (QED) is 0.897. The molecule has 1 N–H and O–H groups in total. The third kappa shape index (κ3) is 2.88. The fourth-order valence-corrected chi connectivity index (χ4v) is 3.51. The summed E-state index contributed by atoms with van der Waals surface area (Å²) < 4.78 is 11.5. The molecule has 0 aromatic carbocycles. The van der Waals surface area contributed by atoms with Crippen LogP contribution in [-0.2, 0) is 16.8 Å². The summed E-state index contributed by atoms with van der Waals surface area (Å²) >= 11 is 0. The molecular formula is C15H25N3O2. The van der Waals surface area contributed by atoms with Crippen LogP contribution in [0.2, 0.25) is 0 Å². The second-order valence-corrected chi connectivity index (χ2v) is 6.04. The minimum absolute atomic E-state index is 0.273. The van der Waals surface area contributed by atoms with Gasteiger partial charge in [-0.1, -0.05) is 5.16 Å². The van der Waals surface area contributed by atoms with Crippen molar-refractivity contribution in [3.8, 4) is 0 Å². The lowest BCUT2D eigenvalue weighted by atomic mass is 9.94. The van der Waals surface area contributed by atoms with Crippen LogP contribution >= 0.6 is 0 Å². The van der Waals surface area contributed by atoms with E-state index in [0.717, 1.165) is 44.1 Å². The standard InChI is InChI=1S/C15H25N3O2/c1-2-19-15(7-3-4-8-15)14-17-13(20-18-14)11-12-5-9-16-10-6-12/h12,16H,2-11H2,1H3. The number of aromatic nitrogens is 2. The fourth-order valence-electron chi connectivity index (χ4n) is 3.51. The van der Waals surface area contributed by atoms with Crippen LogP contribution in [0.5, 0.6) is 0 Å². The van der Waals surface area contributed by atoms with Crippen LogP contribution in [0.1, 0.15) is 57.2 Å². The smallest absolute Gasteiger partial charge is 0.227 e.